The fraction of sp³-hybridized carbons (Fsp3) is 0.500. The van der Waals surface area contributed by atoms with Crippen LogP contribution in [0.2, 0.25) is 0 Å². The molecule has 0 saturated carbocycles. The number of amides is 2. The monoisotopic (exact) mass is 256 g/mol. The summed E-state index contributed by atoms with van der Waals surface area (Å²) in [4.78, 5) is 22.0. The molecule has 100 valence electrons. The maximum atomic E-state index is 11.4. The zero-order valence-electron chi connectivity index (χ0n) is 10.1. The van der Waals surface area contributed by atoms with Gasteiger partial charge in [-0.05, 0) is 13.8 Å². The summed E-state index contributed by atoms with van der Waals surface area (Å²) >= 11 is 0. The molecule has 18 heavy (non-hydrogen) atoms. The van der Waals surface area contributed by atoms with Crippen LogP contribution >= 0.6 is 0 Å². The zero-order chi connectivity index (χ0) is 13.7. The molecule has 1 atom stereocenters. The summed E-state index contributed by atoms with van der Waals surface area (Å²) in [6.45, 7) is 3.19. The smallest absolute Gasteiger partial charge is 0.328 e. The summed E-state index contributed by atoms with van der Waals surface area (Å²) in [6.07, 6.45) is 1.70. The summed E-state index contributed by atoms with van der Waals surface area (Å²) in [7, 11) is 0. The van der Waals surface area contributed by atoms with Gasteiger partial charge in [-0.3, -0.25) is 10.00 Å². The van der Waals surface area contributed by atoms with Crippen molar-refractivity contribution < 1.29 is 19.8 Å². The number of carboxylic acids is 1. The third-order valence-corrected chi connectivity index (χ3v) is 2.17. The predicted octanol–water partition coefficient (Wildman–Crippen LogP) is 0.0310. The molecule has 8 nitrogen and oxygen atoms in total. The number of carbonyl (C=O) groups is 2. The summed E-state index contributed by atoms with van der Waals surface area (Å²) in [6, 6.07) is -0.315. The Morgan fingerprint density at radius 3 is 2.61 bits per heavy atom. The standard InChI is InChI=1S/C10H16N4O4/c1-6(2)14-4-3-8(13-14)12-10(18)11-7(5-15)9(16)17/h3-4,6-7,15H,5H2,1-2H3,(H,16,17)(H2,11,12,13,18)/t7-/m1/s1. The van der Waals surface area contributed by atoms with Crippen molar-refractivity contribution in [1.29, 1.82) is 0 Å². The van der Waals surface area contributed by atoms with Gasteiger partial charge in [-0.2, -0.15) is 5.10 Å². The first-order valence-corrected chi connectivity index (χ1v) is 5.40. The lowest BCUT2D eigenvalue weighted by atomic mass is 10.3. The molecule has 1 rings (SSSR count). The van der Waals surface area contributed by atoms with Gasteiger partial charge in [0.05, 0.1) is 6.61 Å². The van der Waals surface area contributed by atoms with E-state index in [0.29, 0.717) is 5.82 Å². The fourth-order valence-corrected chi connectivity index (χ4v) is 1.19. The normalized spacial score (nSPS) is 12.2. The molecule has 0 saturated heterocycles. The van der Waals surface area contributed by atoms with Crippen LogP contribution in [0, 0.1) is 0 Å². The number of nitrogens with zero attached hydrogens (tertiary/aromatic N) is 2. The highest BCUT2D eigenvalue weighted by Gasteiger charge is 2.18. The average molecular weight is 256 g/mol. The van der Waals surface area contributed by atoms with E-state index < -0.39 is 24.6 Å². The molecule has 0 aliphatic heterocycles. The van der Waals surface area contributed by atoms with Crippen LogP contribution in [0.5, 0.6) is 0 Å². The van der Waals surface area contributed by atoms with E-state index in [1.807, 2.05) is 13.8 Å². The van der Waals surface area contributed by atoms with Crippen LogP contribution in [-0.2, 0) is 4.79 Å². The number of aliphatic carboxylic acids is 1. The number of carboxylic acid groups (broad SMARTS) is 1. The van der Waals surface area contributed by atoms with Crippen LogP contribution in [0.4, 0.5) is 10.6 Å². The van der Waals surface area contributed by atoms with E-state index in [4.69, 9.17) is 10.2 Å². The van der Waals surface area contributed by atoms with Crippen LogP contribution in [-0.4, -0.2) is 44.6 Å². The number of urea groups is 1. The predicted molar refractivity (Wildman–Crippen MR) is 63.3 cm³/mol. The third kappa shape index (κ3) is 3.74. The van der Waals surface area contributed by atoms with E-state index in [9.17, 15) is 9.59 Å². The van der Waals surface area contributed by atoms with Crippen molar-refractivity contribution in [1.82, 2.24) is 15.1 Å². The van der Waals surface area contributed by atoms with Gasteiger partial charge in [-0.25, -0.2) is 9.59 Å². The van der Waals surface area contributed by atoms with E-state index in [1.165, 1.54) is 0 Å². The van der Waals surface area contributed by atoms with Crippen LogP contribution in [0.25, 0.3) is 0 Å². The Morgan fingerprint density at radius 2 is 2.17 bits per heavy atom. The molecule has 2 amide bonds. The first-order valence-electron chi connectivity index (χ1n) is 5.40. The molecule has 1 aromatic heterocycles. The third-order valence-electron chi connectivity index (χ3n) is 2.17. The number of anilines is 1. The summed E-state index contributed by atoms with van der Waals surface area (Å²) in [5, 5.41) is 25.9. The number of carbonyl (C=O) groups excluding carboxylic acids is 1. The van der Waals surface area contributed by atoms with E-state index >= 15 is 0 Å². The lowest BCUT2D eigenvalue weighted by molar-refractivity contribution is -0.140. The highest BCUT2D eigenvalue weighted by molar-refractivity contribution is 5.91. The Kier molecular flexibility index (Phi) is 4.67. The number of hydrogen-bond acceptors (Lipinski definition) is 4. The number of aliphatic hydroxyl groups excluding tert-OH is 1. The maximum Gasteiger partial charge on any atom is 0.328 e. The van der Waals surface area contributed by atoms with Gasteiger partial charge < -0.3 is 15.5 Å². The van der Waals surface area contributed by atoms with Crippen LogP contribution in [0.3, 0.4) is 0 Å². The number of nitrogens with one attached hydrogen (secondary N) is 2. The second-order valence-electron chi connectivity index (χ2n) is 3.95. The minimum atomic E-state index is -1.34. The molecule has 0 aliphatic carbocycles. The second kappa shape index (κ2) is 6.01. The Bertz CT molecular complexity index is 429. The molecule has 0 aliphatic rings. The Balaban J connectivity index is 2.56. The van der Waals surface area contributed by atoms with Gasteiger partial charge in [0.15, 0.2) is 11.9 Å². The molecule has 1 aromatic rings. The Labute approximate surface area is 104 Å². The first-order chi connectivity index (χ1) is 8.43. The SMILES string of the molecule is CC(C)n1ccc(NC(=O)N[C@H](CO)C(=O)O)n1. The molecule has 0 unspecified atom stereocenters. The molecule has 0 spiro atoms. The van der Waals surface area contributed by atoms with Gasteiger partial charge in [-0.15, -0.1) is 0 Å². The summed E-state index contributed by atoms with van der Waals surface area (Å²) < 4.78 is 1.65. The van der Waals surface area contributed by atoms with Crippen molar-refractivity contribution in [2.24, 2.45) is 0 Å². The number of aromatic nitrogens is 2. The molecular weight excluding hydrogens is 240 g/mol. The van der Waals surface area contributed by atoms with Crippen LogP contribution in [0.1, 0.15) is 19.9 Å². The van der Waals surface area contributed by atoms with Gasteiger partial charge in [0, 0.05) is 18.3 Å². The topological polar surface area (TPSA) is 116 Å². The zero-order valence-corrected chi connectivity index (χ0v) is 10.1. The maximum absolute atomic E-state index is 11.4. The van der Waals surface area contributed by atoms with Crippen LogP contribution < -0.4 is 10.6 Å². The number of hydrogen-bond donors (Lipinski definition) is 4. The van der Waals surface area contributed by atoms with Crippen molar-refractivity contribution in [3.05, 3.63) is 12.3 Å². The van der Waals surface area contributed by atoms with Crippen molar-refractivity contribution in [3.8, 4) is 0 Å². The minimum Gasteiger partial charge on any atom is -0.480 e. The van der Waals surface area contributed by atoms with Gasteiger partial charge in [-0.1, -0.05) is 0 Å². The quantitative estimate of drug-likeness (QED) is 0.593. The molecule has 0 fully saturated rings. The van der Waals surface area contributed by atoms with Crippen molar-refractivity contribution >= 4 is 17.8 Å². The summed E-state index contributed by atoms with van der Waals surface area (Å²) in [5.74, 6) is -0.997. The second-order valence-corrected chi connectivity index (χ2v) is 3.95. The van der Waals surface area contributed by atoms with E-state index in [1.54, 1.807) is 16.9 Å². The van der Waals surface area contributed by atoms with Crippen molar-refractivity contribution in [2.75, 3.05) is 11.9 Å². The first kappa shape index (κ1) is 14.0. The molecule has 8 heteroatoms. The van der Waals surface area contributed by atoms with E-state index in [2.05, 4.69) is 15.7 Å². The number of aliphatic hydroxyl groups is 1. The van der Waals surface area contributed by atoms with Crippen LogP contribution in [0.15, 0.2) is 12.3 Å². The highest BCUT2D eigenvalue weighted by atomic mass is 16.4. The molecule has 4 N–H and O–H groups in total. The summed E-state index contributed by atoms with van der Waals surface area (Å²) in [5.41, 5.74) is 0. The average Bonchev–Trinajstić information content (AvgIpc) is 2.74. The molecule has 0 bridgehead atoms. The molecular formula is C10H16N4O4. The van der Waals surface area contributed by atoms with Gasteiger partial charge in [0.25, 0.3) is 0 Å². The Morgan fingerprint density at radius 1 is 1.50 bits per heavy atom. The lowest BCUT2D eigenvalue weighted by Crippen LogP contribution is -2.45. The Hall–Kier alpha value is -2.09. The van der Waals surface area contributed by atoms with Crippen molar-refractivity contribution in [3.63, 3.8) is 0 Å². The number of rotatable bonds is 5. The van der Waals surface area contributed by atoms with E-state index in [-0.39, 0.29) is 6.04 Å². The van der Waals surface area contributed by atoms with Gasteiger partial charge in [0.1, 0.15) is 0 Å². The lowest BCUT2D eigenvalue weighted by Gasteiger charge is -2.11. The fourth-order valence-electron chi connectivity index (χ4n) is 1.19. The molecule has 0 radical (unpaired) electrons. The molecule has 1 heterocycles. The van der Waals surface area contributed by atoms with Gasteiger partial charge in [0.2, 0.25) is 0 Å². The molecule has 0 aromatic carbocycles. The highest BCUT2D eigenvalue weighted by Crippen LogP contribution is 2.07. The minimum absolute atomic E-state index is 0.160. The largest absolute Gasteiger partial charge is 0.480 e. The van der Waals surface area contributed by atoms with E-state index in [0.717, 1.165) is 0 Å². The van der Waals surface area contributed by atoms with Crippen molar-refractivity contribution in [2.45, 2.75) is 25.9 Å². The van der Waals surface area contributed by atoms with Gasteiger partial charge >= 0.3 is 12.0 Å².